The first-order chi connectivity index (χ1) is 70.9. The van der Waals surface area contributed by atoms with Crippen molar-refractivity contribution in [3.8, 4) is 72.4 Å². The minimum absolute atomic E-state index is 0.00221. The molecule has 2 aliphatic rings. The Balaban J connectivity index is 1.35. The van der Waals surface area contributed by atoms with E-state index in [4.69, 9.17) is 0 Å². The Kier molecular flexibility index (Phi) is 15.8. The number of anilines is 6. The summed E-state index contributed by atoms with van der Waals surface area (Å²) in [5.74, 6) is 0. The molecule has 0 aliphatic carbocycles. The molecule has 14 aromatic rings. The van der Waals surface area contributed by atoms with Crippen LogP contribution in [0.25, 0.3) is 94.3 Å². The molecule has 130 heavy (non-hydrogen) atoms. The average molecular weight is 1740 g/mol. The van der Waals surface area contributed by atoms with Gasteiger partial charge in [0.25, 0.3) is 6.71 Å². The number of hydrogen-bond donors (Lipinski definition) is 0. The molecular formula is C126H148BN3. The van der Waals surface area contributed by atoms with E-state index in [1.54, 1.807) is 85.4 Å². The maximum absolute atomic E-state index is 12.1. The third kappa shape index (κ3) is 17.3. The second kappa shape index (κ2) is 31.5. The number of rotatable bonds is 9. The normalized spacial score (nSPS) is 16.8. The molecule has 0 saturated carbocycles. The Morgan fingerprint density at radius 1 is 0.231 bits per heavy atom. The lowest BCUT2D eigenvalue weighted by Gasteiger charge is -2.46. The van der Waals surface area contributed by atoms with Gasteiger partial charge < -0.3 is 14.4 Å². The van der Waals surface area contributed by atoms with Gasteiger partial charge in [0.15, 0.2) is 0 Å². The molecule has 670 valence electrons. The molecule has 16 rings (SSSR count). The van der Waals surface area contributed by atoms with Crippen molar-refractivity contribution in [1.29, 1.82) is 0 Å². The molecular weight excluding hydrogens is 1570 g/mol. The van der Waals surface area contributed by atoms with Crippen LogP contribution in [0, 0.1) is 0 Å². The summed E-state index contributed by atoms with van der Waals surface area (Å²) >= 11 is 0. The van der Waals surface area contributed by atoms with Gasteiger partial charge in [-0.1, -0.05) is 425 Å². The molecule has 4 heteroatoms. The molecule has 0 unspecified atom stereocenters. The van der Waals surface area contributed by atoms with Crippen LogP contribution in [0.5, 0.6) is 0 Å². The number of benzene rings is 13. The van der Waals surface area contributed by atoms with Gasteiger partial charge in [-0.15, -0.1) is 0 Å². The SMILES string of the molecule is [2H]c1c([2H])c(C(C)(C)C)c(-c2c([2H])c(C(C)(C)C)c([2H])c(-c3c([2H])c([2H])c(C(C)(C)C)c([2H])c3[2H])c2N2c3cc(-c4cc(C(C)(C)C)cc(C(C)(C)C)c4)ccc3B3c4ccc(-n5c6c([2H])c([2H])c([2H])c([2H])c6c6c([2H])c([2H])c([2H])c([2H])c65)cc4N(c4c(-c5c([2H])c([2H])c(C(C)(C)C)c([2H])c5[2H])c([2H])c(C(C)(C)C)c([2H])c4-c4c([2H])c(C(C)(C)C)c([2H])c(C(C)(C)C)c4[2H])c4cc(-c5cc(C(C)(C)C)cc(C(C)(C)C)c5)cc2c43)c(C(C)(C)C)c1[2H]. The lowest BCUT2D eigenvalue weighted by molar-refractivity contribution is 0.568. The number of hydrogen-bond acceptors (Lipinski definition) is 2. The molecule has 0 atom stereocenters. The summed E-state index contributed by atoms with van der Waals surface area (Å²) in [6, 6.07) is 14.5. The largest absolute Gasteiger partial charge is 0.310 e. The highest BCUT2D eigenvalue weighted by Gasteiger charge is 2.48. The first kappa shape index (κ1) is 65.0. The number of nitrogens with zero attached hydrogens (tertiary/aromatic N) is 3. The first-order valence-corrected chi connectivity index (χ1v) is 46.2. The minimum Gasteiger partial charge on any atom is -0.310 e. The highest BCUT2D eigenvalue weighted by atomic mass is 15.2. The Hall–Kier alpha value is -10.7. The minimum atomic E-state index is -1.36. The summed E-state index contributed by atoms with van der Waals surface area (Å²) in [6.45, 7) is 68.2. The van der Waals surface area contributed by atoms with Crippen molar-refractivity contribution in [2.24, 2.45) is 0 Å². The Labute approximate surface area is 820 Å². The topological polar surface area (TPSA) is 11.4 Å². The van der Waals surface area contributed by atoms with Crippen LogP contribution >= 0.6 is 0 Å². The van der Waals surface area contributed by atoms with Gasteiger partial charge in [0.2, 0.25) is 0 Å². The van der Waals surface area contributed by atoms with Crippen LogP contribution in [0.1, 0.15) is 352 Å². The Morgan fingerprint density at radius 3 is 0.923 bits per heavy atom. The van der Waals surface area contributed by atoms with Crippen LogP contribution < -0.4 is 26.2 Å². The van der Waals surface area contributed by atoms with Crippen molar-refractivity contribution < 1.29 is 35.6 Å². The zero-order chi connectivity index (χ0) is 117. The average Bonchev–Trinajstić information content (AvgIpc) is 0.720. The van der Waals surface area contributed by atoms with E-state index in [-0.39, 0.29) is 175 Å². The van der Waals surface area contributed by atoms with Crippen LogP contribution in [-0.4, -0.2) is 11.3 Å². The molecule has 0 radical (unpaired) electrons. The molecule has 0 saturated heterocycles. The van der Waals surface area contributed by atoms with E-state index in [9.17, 15) is 35.6 Å². The van der Waals surface area contributed by atoms with Crippen molar-refractivity contribution in [3.63, 3.8) is 0 Å². The van der Waals surface area contributed by atoms with E-state index in [1.807, 2.05) is 139 Å². The van der Waals surface area contributed by atoms with Gasteiger partial charge in [-0.3, -0.25) is 0 Å². The number of para-hydroxylation sites is 2. The van der Waals surface area contributed by atoms with E-state index in [1.165, 1.54) is 4.57 Å². The highest BCUT2D eigenvalue weighted by Crippen LogP contribution is 2.59. The lowest BCUT2D eigenvalue weighted by Crippen LogP contribution is -2.61. The fraction of sp³-hybridized carbons (Fsp3) is 0.381. The molecule has 0 fully saturated rings. The Bertz CT molecular complexity index is 8200. The molecule has 2 aliphatic heterocycles. The molecule has 0 N–H and O–H groups in total. The van der Waals surface area contributed by atoms with E-state index >= 15 is 0 Å². The quantitative estimate of drug-likeness (QED) is 0.133. The monoisotopic (exact) mass is 1740 g/mol. The zero-order valence-electron chi connectivity index (χ0n) is 110. The molecule has 1 aromatic heterocycles. The summed E-state index contributed by atoms with van der Waals surface area (Å²) in [6.07, 6.45) is 0. The highest BCUT2D eigenvalue weighted by molar-refractivity contribution is 7.00. The van der Waals surface area contributed by atoms with Gasteiger partial charge in [0, 0.05) is 61.5 Å². The molecule has 13 aromatic carbocycles. The van der Waals surface area contributed by atoms with Gasteiger partial charge in [0.05, 0.1) is 58.0 Å². The predicted molar refractivity (Wildman–Crippen MR) is 572 cm³/mol. The van der Waals surface area contributed by atoms with Gasteiger partial charge >= 0.3 is 0 Å². The third-order valence-corrected chi connectivity index (χ3v) is 25.6. The predicted octanol–water partition coefficient (Wildman–Crippen LogP) is 34.4. The van der Waals surface area contributed by atoms with Crippen molar-refractivity contribution in [3.05, 3.63) is 309 Å². The molecule has 0 bridgehead atoms. The van der Waals surface area contributed by atoms with E-state index < -0.39 is 210 Å². The van der Waals surface area contributed by atoms with E-state index in [0.29, 0.717) is 27.6 Å². The molecule has 3 nitrogen and oxygen atoms in total. The summed E-state index contributed by atoms with van der Waals surface area (Å²) in [5, 5.41) is -0.535. The first-order valence-electron chi connectivity index (χ1n) is 59.2. The summed E-state index contributed by atoms with van der Waals surface area (Å²) < 4.78 is 280. The maximum atomic E-state index is 12.1. The van der Waals surface area contributed by atoms with Crippen molar-refractivity contribution >= 4 is 79.0 Å². The molecule has 0 spiro atoms. The Morgan fingerprint density at radius 2 is 0.546 bits per heavy atom. The molecule has 0 amide bonds. The fourth-order valence-corrected chi connectivity index (χ4v) is 17.7. The maximum Gasteiger partial charge on any atom is 0.252 e. The second-order valence-electron chi connectivity index (χ2n) is 48.9. The summed E-state index contributed by atoms with van der Waals surface area (Å²) in [7, 11) is 0. The smallest absolute Gasteiger partial charge is 0.252 e. The van der Waals surface area contributed by atoms with Crippen LogP contribution in [0.4, 0.5) is 34.1 Å². The van der Waals surface area contributed by atoms with Gasteiger partial charge in [-0.2, -0.15) is 0 Å². The summed E-state index contributed by atoms with van der Waals surface area (Å²) in [5.41, 5.74) is -6.61. The second-order valence-corrected chi connectivity index (χ2v) is 48.9. The van der Waals surface area contributed by atoms with Gasteiger partial charge in [0.1, 0.15) is 0 Å². The van der Waals surface area contributed by atoms with Crippen LogP contribution in [-0.2, 0) is 65.0 Å². The van der Waals surface area contributed by atoms with Crippen molar-refractivity contribution in [1.82, 2.24) is 4.57 Å². The summed E-state index contributed by atoms with van der Waals surface area (Å²) in [4.78, 5) is 3.69. The lowest BCUT2D eigenvalue weighted by atomic mass is 9.33. The van der Waals surface area contributed by atoms with E-state index in [2.05, 4.69) is 119 Å². The van der Waals surface area contributed by atoms with Crippen LogP contribution in [0.2, 0.25) is 0 Å². The number of aromatic nitrogens is 1. The zero-order valence-corrected chi connectivity index (χ0v) is 84.0. The van der Waals surface area contributed by atoms with Gasteiger partial charge in [-0.05, 0) is 259 Å². The van der Waals surface area contributed by atoms with Crippen LogP contribution in [0.3, 0.4) is 0 Å². The van der Waals surface area contributed by atoms with Crippen molar-refractivity contribution in [2.45, 2.75) is 314 Å². The number of fused-ring (bicyclic) bond motifs is 7. The standard InChI is InChI=1S/C126H148BN3/c1-115(2,3)84-53-48-77(49-54-84)97-72-92(123(25,26)27)74-99(83-64-90(121(19,20)21)71-91(65-83)122(22,23)24)113(97)130-108-76-94(128-105-46-39-37-42-95(105)96-43-38-40-47-106(96)128)57-59-104(108)127-103-58-52-79(80-60-86(117(7,8)9)69-87(61-80)118(10,11)12)66-107(103)129(109-67-82(68-110(130)112(109)127)81-62-88(119(13,14)15)70-89(63-81)120(16,17)18)114-98(78-50-55-85(56-51-78)116(4,5)6)73-93(124(28,29)30)75-100(114)111-101(125(31,32)33)44-41-45-102(111)126(34,35)36/h37-76H,1-36H3/i37D,38D,39D,40D,41D,42D,43D,44D,45D,46D,47D,48D,49D,50D,51D,53D,54D,55D,56D,64D,65D,71D,72D,73D,74D,75D. The molecule has 3 heterocycles. The van der Waals surface area contributed by atoms with Gasteiger partial charge in [-0.25, -0.2) is 0 Å². The van der Waals surface area contributed by atoms with Crippen molar-refractivity contribution in [2.75, 3.05) is 9.80 Å². The third-order valence-electron chi connectivity index (χ3n) is 25.6. The fourth-order valence-electron chi connectivity index (χ4n) is 17.7. The van der Waals surface area contributed by atoms with E-state index in [0.717, 1.165) is 27.8 Å². The van der Waals surface area contributed by atoms with Crippen LogP contribution in [0.15, 0.2) is 242 Å².